The third-order valence-electron chi connectivity index (χ3n) is 5.94. The van der Waals surface area contributed by atoms with E-state index in [1.807, 2.05) is 0 Å². The number of amides is 2. The van der Waals surface area contributed by atoms with Crippen LogP contribution < -0.4 is 9.62 Å². The molecule has 1 fully saturated rings. The van der Waals surface area contributed by atoms with Crippen LogP contribution in [-0.4, -0.2) is 50.0 Å². The first-order chi connectivity index (χ1) is 16.1. The molecule has 1 saturated carbocycles. The largest absolute Gasteiger partial charge is 0.352 e. The number of carbonyl (C=O) groups excluding carboxylic acids is 2. The van der Waals surface area contributed by atoms with Crippen molar-refractivity contribution >= 4 is 50.7 Å². The molecule has 1 N–H and O–H groups in total. The maximum atomic E-state index is 13.5. The third kappa shape index (κ3) is 6.87. The van der Waals surface area contributed by atoms with Crippen molar-refractivity contribution in [3.05, 3.63) is 64.1 Å². The van der Waals surface area contributed by atoms with Gasteiger partial charge in [0.05, 0.1) is 11.9 Å². The molecule has 2 aromatic carbocycles. The Labute approximate surface area is 211 Å². The Hall–Kier alpha value is -2.29. The summed E-state index contributed by atoms with van der Waals surface area (Å²) in [7, 11) is -3.81. The first-order valence-corrected chi connectivity index (χ1v) is 13.7. The van der Waals surface area contributed by atoms with E-state index in [0.29, 0.717) is 15.6 Å². The Morgan fingerprint density at radius 2 is 1.76 bits per heavy atom. The lowest BCUT2D eigenvalue weighted by molar-refractivity contribution is -0.139. The van der Waals surface area contributed by atoms with Gasteiger partial charge in [0.15, 0.2) is 0 Å². The molecule has 7 nitrogen and oxygen atoms in total. The first kappa shape index (κ1) is 26.3. The molecule has 34 heavy (non-hydrogen) atoms. The average molecular weight is 526 g/mol. The van der Waals surface area contributed by atoms with Crippen LogP contribution in [0, 0.1) is 0 Å². The minimum Gasteiger partial charge on any atom is -0.352 e. The SMILES string of the molecule is C[C@H](C(=O)NC1CCCC1)N(Cc1ccccc1Cl)C(=O)CN(c1cccc(Cl)c1)S(C)(=O)=O. The van der Waals surface area contributed by atoms with Gasteiger partial charge in [0.1, 0.15) is 12.6 Å². The predicted molar refractivity (Wildman–Crippen MR) is 136 cm³/mol. The topological polar surface area (TPSA) is 86.8 Å². The average Bonchev–Trinajstić information content (AvgIpc) is 3.28. The summed E-state index contributed by atoms with van der Waals surface area (Å²) in [4.78, 5) is 27.9. The Morgan fingerprint density at radius 1 is 1.09 bits per heavy atom. The highest BCUT2D eigenvalue weighted by Crippen LogP contribution is 2.24. The number of nitrogens with one attached hydrogen (secondary N) is 1. The first-order valence-electron chi connectivity index (χ1n) is 11.1. The summed E-state index contributed by atoms with van der Waals surface area (Å²) in [6, 6.07) is 12.6. The molecule has 184 valence electrons. The number of rotatable bonds is 9. The molecule has 1 atom stereocenters. The lowest BCUT2D eigenvalue weighted by Gasteiger charge is -2.32. The van der Waals surface area contributed by atoms with Crippen molar-refractivity contribution < 1.29 is 18.0 Å². The molecule has 0 aromatic heterocycles. The van der Waals surface area contributed by atoms with Crippen molar-refractivity contribution in [3.63, 3.8) is 0 Å². The van der Waals surface area contributed by atoms with Gasteiger partial charge in [-0.2, -0.15) is 0 Å². The monoisotopic (exact) mass is 525 g/mol. The van der Waals surface area contributed by atoms with Crippen LogP contribution in [0.4, 0.5) is 5.69 Å². The maximum Gasteiger partial charge on any atom is 0.244 e. The number of halogens is 2. The molecule has 0 bridgehead atoms. The van der Waals surface area contributed by atoms with Gasteiger partial charge < -0.3 is 10.2 Å². The third-order valence-corrected chi connectivity index (χ3v) is 7.69. The molecule has 2 amide bonds. The van der Waals surface area contributed by atoms with E-state index in [1.165, 1.54) is 11.0 Å². The van der Waals surface area contributed by atoms with Gasteiger partial charge in [-0.25, -0.2) is 8.42 Å². The van der Waals surface area contributed by atoms with Gasteiger partial charge in [0.25, 0.3) is 0 Å². The zero-order chi connectivity index (χ0) is 24.9. The molecule has 3 rings (SSSR count). The highest BCUT2D eigenvalue weighted by molar-refractivity contribution is 7.92. The van der Waals surface area contributed by atoms with Crippen LogP contribution in [0.2, 0.25) is 10.0 Å². The number of hydrogen-bond acceptors (Lipinski definition) is 4. The maximum absolute atomic E-state index is 13.5. The molecule has 0 radical (unpaired) electrons. The van der Waals surface area contributed by atoms with E-state index in [0.717, 1.165) is 36.2 Å². The molecule has 0 saturated heterocycles. The summed E-state index contributed by atoms with van der Waals surface area (Å²) in [5.74, 6) is -0.805. The molecule has 0 heterocycles. The lowest BCUT2D eigenvalue weighted by atomic mass is 10.1. The van der Waals surface area contributed by atoms with Gasteiger partial charge in [0, 0.05) is 22.6 Å². The van der Waals surface area contributed by atoms with Crippen LogP contribution >= 0.6 is 23.2 Å². The predicted octanol–water partition coefficient (Wildman–Crippen LogP) is 4.24. The number of sulfonamides is 1. The summed E-state index contributed by atoms with van der Waals surface area (Å²) >= 11 is 12.4. The minimum absolute atomic E-state index is 0.0604. The molecule has 1 aliphatic rings. The normalized spacial score (nSPS) is 15.1. The Kier molecular flexibility index (Phi) is 8.84. The van der Waals surface area contributed by atoms with E-state index in [-0.39, 0.29) is 24.2 Å². The van der Waals surface area contributed by atoms with Crippen LogP contribution in [0.3, 0.4) is 0 Å². The summed E-state index contributed by atoms with van der Waals surface area (Å²) in [6.07, 6.45) is 4.96. The molecule has 2 aromatic rings. The second-order valence-electron chi connectivity index (χ2n) is 8.53. The number of anilines is 1. The number of carbonyl (C=O) groups is 2. The fourth-order valence-electron chi connectivity index (χ4n) is 4.03. The second-order valence-corrected chi connectivity index (χ2v) is 11.3. The van der Waals surface area contributed by atoms with Crippen LogP contribution in [-0.2, 0) is 26.2 Å². The van der Waals surface area contributed by atoms with Gasteiger partial charge in [-0.05, 0) is 49.6 Å². The zero-order valence-electron chi connectivity index (χ0n) is 19.2. The molecule has 0 aliphatic heterocycles. The van der Waals surface area contributed by atoms with Gasteiger partial charge >= 0.3 is 0 Å². The number of nitrogens with zero attached hydrogens (tertiary/aromatic N) is 2. The summed E-state index contributed by atoms with van der Waals surface area (Å²) in [6.45, 7) is 1.22. The van der Waals surface area contributed by atoms with E-state index in [4.69, 9.17) is 23.2 Å². The molecular formula is C24H29Cl2N3O4S. The molecule has 10 heteroatoms. The van der Waals surface area contributed by atoms with Crippen LogP contribution in [0.1, 0.15) is 38.2 Å². The van der Waals surface area contributed by atoms with Crippen LogP contribution in [0.5, 0.6) is 0 Å². The smallest absolute Gasteiger partial charge is 0.244 e. The summed E-state index contributed by atoms with van der Waals surface area (Å²) in [5, 5.41) is 3.82. The van der Waals surface area contributed by atoms with Gasteiger partial charge in [-0.1, -0.05) is 60.3 Å². The molecule has 1 aliphatic carbocycles. The number of benzene rings is 2. The Morgan fingerprint density at radius 3 is 2.38 bits per heavy atom. The standard InChI is InChI=1S/C24H29Cl2N3O4S/c1-17(24(31)27-20-10-4-5-11-20)28(15-18-8-3-6-13-22(18)26)23(30)16-29(34(2,32)33)21-12-7-9-19(25)14-21/h3,6-9,12-14,17,20H,4-5,10-11,15-16H2,1-2H3,(H,27,31)/t17-/m1/s1. The van der Waals surface area contributed by atoms with Crippen molar-refractivity contribution in [1.82, 2.24) is 10.2 Å². The van der Waals surface area contributed by atoms with Crippen molar-refractivity contribution in [1.29, 1.82) is 0 Å². The fourth-order valence-corrected chi connectivity index (χ4v) is 5.25. The van der Waals surface area contributed by atoms with Crippen molar-refractivity contribution in [3.8, 4) is 0 Å². The van der Waals surface area contributed by atoms with E-state index in [1.54, 1.807) is 49.4 Å². The highest BCUT2D eigenvalue weighted by atomic mass is 35.5. The van der Waals surface area contributed by atoms with E-state index in [9.17, 15) is 18.0 Å². The van der Waals surface area contributed by atoms with Crippen molar-refractivity contribution in [2.75, 3.05) is 17.1 Å². The summed E-state index contributed by atoms with van der Waals surface area (Å²) < 4.78 is 26.1. The van der Waals surface area contributed by atoms with Crippen LogP contribution in [0.15, 0.2) is 48.5 Å². The van der Waals surface area contributed by atoms with Gasteiger partial charge in [-0.3, -0.25) is 13.9 Å². The zero-order valence-corrected chi connectivity index (χ0v) is 21.5. The van der Waals surface area contributed by atoms with Crippen LogP contribution in [0.25, 0.3) is 0 Å². The van der Waals surface area contributed by atoms with Gasteiger partial charge in [-0.15, -0.1) is 0 Å². The fraction of sp³-hybridized carbons (Fsp3) is 0.417. The van der Waals surface area contributed by atoms with Gasteiger partial charge in [0.2, 0.25) is 21.8 Å². The summed E-state index contributed by atoms with van der Waals surface area (Å²) in [5.41, 5.74) is 0.927. The van der Waals surface area contributed by atoms with E-state index in [2.05, 4.69) is 5.32 Å². The lowest BCUT2D eigenvalue weighted by Crippen LogP contribution is -2.52. The van der Waals surface area contributed by atoms with E-state index >= 15 is 0 Å². The Balaban J connectivity index is 1.89. The second kappa shape index (κ2) is 11.4. The van der Waals surface area contributed by atoms with E-state index < -0.39 is 28.5 Å². The molecular weight excluding hydrogens is 497 g/mol. The Bertz CT molecular complexity index is 1140. The van der Waals surface area contributed by atoms with Crippen molar-refractivity contribution in [2.45, 2.75) is 51.2 Å². The molecule has 0 unspecified atom stereocenters. The highest BCUT2D eigenvalue weighted by Gasteiger charge is 2.31. The van der Waals surface area contributed by atoms with Crippen molar-refractivity contribution in [2.24, 2.45) is 0 Å². The molecule has 0 spiro atoms. The minimum atomic E-state index is -3.81. The number of hydrogen-bond donors (Lipinski definition) is 1. The quantitative estimate of drug-likeness (QED) is 0.530.